The summed E-state index contributed by atoms with van der Waals surface area (Å²) >= 11 is 0. The van der Waals surface area contributed by atoms with Gasteiger partial charge in [-0.2, -0.15) is 0 Å². The van der Waals surface area contributed by atoms with E-state index >= 15 is 0 Å². The summed E-state index contributed by atoms with van der Waals surface area (Å²) in [7, 11) is 4.51. The van der Waals surface area contributed by atoms with Crippen LogP contribution in [0, 0.1) is 0 Å². The van der Waals surface area contributed by atoms with Gasteiger partial charge in [0.05, 0.1) is 27.4 Å². The molecule has 0 spiro atoms. The van der Waals surface area contributed by atoms with E-state index in [0.29, 0.717) is 34.6 Å². The molecule has 1 aromatic heterocycles. The van der Waals surface area contributed by atoms with E-state index in [1.54, 1.807) is 44.6 Å². The Kier molecular flexibility index (Phi) is 8.11. The van der Waals surface area contributed by atoms with Crippen LogP contribution in [-0.2, 0) is 0 Å². The first-order valence-electron chi connectivity index (χ1n) is 12.8. The minimum absolute atomic E-state index is 0.0630. The van der Waals surface area contributed by atoms with Crippen LogP contribution in [0.3, 0.4) is 0 Å². The van der Waals surface area contributed by atoms with Crippen molar-refractivity contribution in [1.82, 2.24) is 5.32 Å². The molecular weight excluding hydrogens is 532 g/mol. The summed E-state index contributed by atoms with van der Waals surface area (Å²) in [6, 6.07) is 17.0. The minimum Gasteiger partial charge on any atom is -0.497 e. The maximum atomic E-state index is 13.2. The standard InChI is InChI=1S/C30H30N2O9/c1-37-19-6-4-5-16(11-19)20-12-18(8-9-23(20)38-2)29(35)32-21-13-17-7-10-24(28(39-3)27(17)41-30(21)36)40-25-15-31-14-22(33)26(25)34/h4-13,22,25-26,31,33-34H,14-15H2,1-3H3,(H,32,35)/t22-,25?,26-/m1/s1. The van der Waals surface area contributed by atoms with E-state index in [-0.39, 0.29) is 29.3 Å². The molecule has 1 aliphatic heterocycles. The van der Waals surface area contributed by atoms with Gasteiger partial charge < -0.3 is 44.2 Å². The van der Waals surface area contributed by atoms with Crippen LogP contribution in [0.1, 0.15) is 10.4 Å². The second kappa shape index (κ2) is 11.9. The molecule has 1 saturated heterocycles. The van der Waals surface area contributed by atoms with E-state index in [9.17, 15) is 19.8 Å². The summed E-state index contributed by atoms with van der Waals surface area (Å²) in [6.07, 6.45) is -2.84. The number of ether oxygens (including phenoxy) is 4. The second-order valence-corrected chi connectivity index (χ2v) is 9.44. The number of amides is 1. The first kappa shape index (κ1) is 28.0. The van der Waals surface area contributed by atoms with E-state index in [1.165, 1.54) is 13.2 Å². The summed E-state index contributed by atoms with van der Waals surface area (Å²) in [5, 5.41) is 26.3. The predicted octanol–water partition coefficient (Wildman–Crippen LogP) is 2.81. The van der Waals surface area contributed by atoms with Crippen molar-refractivity contribution in [3.63, 3.8) is 0 Å². The van der Waals surface area contributed by atoms with E-state index in [4.69, 9.17) is 23.4 Å². The molecular formula is C30H30N2O9. The molecule has 1 unspecified atom stereocenters. The van der Waals surface area contributed by atoms with Crippen molar-refractivity contribution < 1.29 is 38.4 Å². The fraction of sp³-hybridized carbons (Fsp3) is 0.267. The SMILES string of the molecule is COc1cccc(-c2cc(C(=O)Nc3cc4ccc(OC5CNC[C@@H](O)[C@H]5O)c(OC)c4oc3=O)ccc2OC)c1. The maximum Gasteiger partial charge on any atom is 0.360 e. The average Bonchev–Trinajstić information content (AvgIpc) is 2.99. The highest BCUT2D eigenvalue weighted by Crippen LogP contribution is 2.37. The lowest BCUT2D eigenvalue weighted by Gasteiger charge is -2.32. The quantitative estimate of drug-likeness (QED) is 0.236. The van der Waals surface area contributed by atoms with Gasteiger partial charge in [0.15, 0.2) is 11.3 Å². The van der Waals surface area contributed by atoms with Crippen molar-refractivity contribution in [3.8, 4) is 34.1 Å². The second-order valence-electron chi connectivity index (χ2n) is 9.44. The van der Waals surface area contributed by atoms with Crippen molar-refractivity contribution in [2.24, 2.45) is 0 Å². The maximum absolute atomic E-state index is 13.2. The Bertz CT molecular complexity index is 1630. The number of carbonyl (C=O) groups is 1. The van der Waals surface area contributed by atoms with E-state index in [1.807, 2.05) is 24.3 Å². The molecule has 5 rings (SSSR count). The number of aliphatic hydroxyl groups excluding tert-OH is 2. The molecule has 0 aliphatic carbocycles. The van der Waals surface area contributed by atoms with Crippen molar-refractivity contribution >= 4 is 22.6 Å². The number of fused-ring (bicyclic) bond motifs is 1. The Labute approximate surface area is 235 Å². The van der Waals surface area contributed by atoms with E-state index in [2.05, 4.69) is 10.6 Å². The van der Waals surface area contributed by atoms with Gasteiger partial charge in [0.1, 0.15) is 29.4 Å². The van der Waals surface area contributed by atoms with Gasteiger partial charge in [-0.05, 0) is 54.1 Å². The van der Waals surface area contributed by atoms with Crippen LogP contribution in [-0.4, -0.2) is 68.9 Å². The summed E-state index contributed by atoms with van der Waals surface area (Å²) in [6.45, 7) is 0.553. The zero-order valence-electron chi connectivity index (χ0n) is 22.7. The van der Waals surface area contributed by atoms with Crippen molar-refractivity contribution in [2.45, 2.75) is 18.3 Å². The van der Waals surface area contributed by atoms with Crippen LogP contribution >= 0.6 is 0 Å². The van der Waals surface area contributed by atoms with Gasteiger partial charge in [0.2, 0.25) is 5.75 Å². The fourth-order valence-corrected chi connectivity index (χ4v) is 4.71. The molecule has 4 aromatic rings. The lowest BCUT2D eigenvalue weighted by Crippen LogP contribution is -2.55. The van der Waals surface area contributed by atoms with Crippen LogP contribution in [0.4, 0.5) is 5.69 Å². The topological polar surface area (TPSA) is 149 Å². The van der Waals surface area contributed by atoms with Crippen LogP contribution < -0.4 is 35.2 Å². The fourth-order valence-electron chi connectivity index (χ4n) is 4.71. The normalized spacial score (nSPS) is 18.5. The van der Waals surface area contributed by atoms with Crippen LogP contribution in [0.5, 0.6) is 23.0 Å². The Morgan fingerprint density at radius 2 is 1.76 bits per heavy atom. The molecule has 11 nitrogen and oxygen atoms in total. The number of anilines is 1. The molecule has 2 heterocycles. The third-order valence-electron chi connectivity index (χ3n) is 6.87. The minimum atomic E-state index is -1.11. The third kappa shape index (κ3) is 5.68. The van der Waals surface area contributed by atoms with Crippen molar-refractivity contribution in [3.05, 3.63) is 76.6 Å². The number of aliphatic hydroxyl groups is 2. The summed E-state index contributed by atoms with van der Waals surface area (Å²) in [5.74, 6) is 1.07. The van der Waals surface area contributed by atoms with Gasteiger partial charge in [-0.1, -0.05) is 12.1 Å². The molecule has 11 heteroatoms. The van der Waals surface area contributed by atoms with Crippen LogP contribution in [0.2, 0.25) is 0 Å². The lowest BCUT2D eigenvalue weighted by atomic mass is 10.0. The third-order valence-corrected chi connectivity index (χ3v) is 6.87. The highest BCUT2D eigenvalue weighted by molar-refractivity contribution is 6.06. The van der Waals surface area contributed by atoms with Crippen molar-refractivity contribution in [2.75, 3.05) is 39.7 Å². The number of nitrogens with one attached hydrogen (secondary N) is 2. The number of rotatable bonds is 8. The number of hydrogen-bond acceptors (Lipinski definition) is 10. The lowest BCUT2D eigenvalue weighted by molar-refractivity contribution is -0.0656. The largest absolute Gasteiger partial charge is 0.497 e. The smallest absolute Gasteiger partial charge is 0.360 e. The van der Waals surface area contributed by atoms with Gasteiger partial charge in [-0.15, -0.1) is 0 Å². The molecule has 1 amide bonds. The highest BCUT2D eigenvalue weighted by Gasteiger charge is 2.33. The van der Waals surface area contributed by atoms with Gasteiger partial charge in [0.25, 0.3) is 5.91 Å². The summed E-state index contributed by atoms with van der Waals surface area (Å²) in [5.41, 5.74) is 1.01. The Morgan fingerprint density at radius 3 is 2.51 bits per heavy atom. The molecule has 3 aromatic carbocycles. The molecule has 4 N–H and O–H groups in total. The zero-order chi connectivity index (χ0) is 29.1. The van der Waals surface area contributed by atoms with Crippen LogP contribution in [0.25, 0.3) is 22.1 Å². The first-order valence-corrected chi connectivity index (χ1v) is 12.8. The van der Waals surface area contributed by atoms with Gasteiger partial charge in [0, 0.05) is 29.6 Å². The number of piperidine rings is 1. The van der Waals surface area contributed by atoms with Crippen molar-refractivity contribution in [1.29, 1.82) is 0 Å². The number of benzene rings is 3. The number of carbonyl (C=O) groups excluding carboxylic acids is 1. The molecule has 0 bridgehead atoms. The summed E-state index contributed by atoms with van der Waals surface area (Å²) in [4.78, 5) is 26.1. The monoisotopic (exact) mass is 562 g/mol. The number of β-amino-alcohol motifs (C(OH)–C–C–N with tert-alkyl or cyclic N) is 1. The Balaban J connectivity index is 1.43. The van der Waals surface area contributed by atoms with Crippen LogP contribution in [0.15, 0.2) is 69.9 Å². The number of hydrogen-bond donors (Lipinski definition) is 4. The molecule has 214 valence electrons. The number of methoxy groups -OCH3 is 3. The molecule has 0 saturated carbocycles. The molecule has 3 atom stereocenters. The molecule has 1 fully saturated rings. The van der Waals surface area contributed by atoms with Gasteiger partial charge in [-0.25, -0.2) is 4.79 Å². The Hall–Kier alpha value is -4.58. The van der Waals surface area contributed by atoms with E-state index < -0.39 is 29.8 Å². The van der Waals surface area contributed by atoms with E-state index in [0.717, 1.165) is 5.56 Å². The zero-order valence-corrected chi connectivity index (χ0v) is 22.7. The highest BCUT2D eigenvalue weighted by atomic mass is 16.5. The van der Waals surface area contributed by atoms with Gasteiger partial charge >= 0.3 is 5.63 Å². The molecule has 41 heavy (non-hydrogen) atoms. The summed E-state index contributed by atoms with van der Waals surface area (Å²) < 4.78 is 27.7. The molecule has 1 aliphatic rings. The Morgan fingerprint density at radius 1 is 0.951 bits per heavy atom. The van der Waals surface area contributed by atoms with Gasteiger partial charge in [-0.3, -0.25) is 4.79 Å². The molecule has 0 radical (unpaired) electrons. The first-order chi connectivity index (χ1) is 19.8. The predicted molar refractivity (Wildman–Crippen MR) is 151 cm³/mol. The average molecular weight is 563 g/mol.